The van der Waals surface area contributed by atoms with Gasteiger partial charge in [0.15, 0.2) is 0 Å². The first-order chi connectivity index (χ1) is 9.09. The zero-order chi connectivity index (χ0) is 13.8. The van der Waals surface area contributed by atoms with Crippen molar-refractivity contribution < 1.29 is 4.79 Å². The molecule has 0 saturated carbocycles. The maximum atomic E-state index is 12.3. The van der Waals surface area contributed by atoms with E-state index in [1.807, 2.05) is 42.5 Å². The van der Waals surface area contributed by atoms with Crippen molar-refractivity contribution in [2.24, 2.45) is 0 Å². The monoisotopic (exact) mass is 448 g/mol. The van der Waals surface area contributed by atoms with E-state index in [0.717, 1.165) is 14.8 Å². The summed E-state index contributed by atoms with van der Waals surface area (Å²) in [4.78, 5) is 12.3. The topological polar surface area (TPSA) is 17.1 Å². The molecule has 1 atom stereocenters. The van der Waals surface area contributed by atoms with Crippen molar-refractivity contribution in [3.63, 3.8) is 0 Å². The molecule has 0 heterocycles. The molecule has 0 amide bonds. The predicted molar refractivity (Wildman–Crippen MR) is 82.2 cm³/mol. The summed E-state index contributed by atoms with van der Waals surface area (Å²) in [5.41, 5.74) is 2.92. The van der Waals surface area contributed by atoms with Crippen LogP contribution in [0.4, 0.5) is 0 Å². The van der Waals surface area contributed by atoms with Gasteiger partial charge >= 0.3 is 123 Å². The summed E-state index contributed by atoms with van der Waals surface area (Å²) < 4.78 is 5.56. The second kappa shape index (κ2) is 6.43. The fraction of sp³-hybridized carbons (Fsp3) is 0.235. The fourth-order valence-corrected chi connectivity index (χ4v) is 4.95. The zero-order valence-corrected chi connectivity index (χ0v) is 15.1. The molecule has 0 aromatic heterocycles. The Balaban J connectivity index is 2.22. The van der Waals surface area contributed by atoms with E-state index in [4.69, 9.17) is 0 Å². The van der Waals surface area contributed by atoms with Gasteiger partial charge in [0.05, 0.1) is 0 Å². The van der Waals surface area contributed by atoms with Crippen LogP contribution in [0.25, 0.3) is 0 Å². The third kappa shape index (κ3) is 3.51. The van der Waals surface area contributed by atoms with Crippen LogP contribution in [0.1, 0.15) is 32.0 Å². The minimum atomic E-state index is -1.27. The van der Waals surface area contributed by atoms with Gasteiger partial charge in [-0.1, -0.05) is 0 Å². The van der Waals surface area contributed by atoms with Gasteiger partial charge in [0.1, 0.15) is 0 Å². The van der Waals surface area contributed by atoms with Gasteiger partial charge in [0.2, 0.25) is 0 Å². The number of carbonyl (C=O) groups is 1. The quantitative estimate of drug-likeness (QED) is 0.503. The summed E-state index contributed by atoms with van der Waals surface area (Å²) in [5, 5.41) is 0. The number of benzene rings is 2. The van der Waals surface area contributed by atoms with Crippen molar-refractivity contribution in [3.8, 4) is 0 Å². The van der Waals surface area contributed by atoms with E-state index < -0.39 is 21.8 Å². The summed E-state index contributed by atoms with van der Waals surface area (Å²) in [6, 6.07) is 17.6. The van der Waals surface area contributed by atoms with Crippen LogP contribution in [0.2, 0.25) is 9.26 Å². The second-order valence-corrected chi connectivity index (χ2v) is 15.5. The molecule has 0 fully saturated rings. The molecule has 98 valence electrons. The molecule has 19 heavy (non-hydrogen) atoms. The Morgan fingerprint density at radius 2 is 1.42 bits per heavy atom. The van der Waals surface area contributed by atoms with Gasteiger partial charge in [-0.05, 0) is 0 Å². The summed E-state index contributed by atoms with van der Waals surface area (Å²) in [5.74, 6) is 0.104. The maximum absolute atomic E-state index is 12.3. The van der Waals surface area contributed by atoms with E-state index >= 15 is 0 Å². The average molecular weight is 448 g/mol. The summed E-state index contributed by atoms with van der Waals surface area (Å²) in [6.07, 6.45) is 0. The van der Waals surface area contributed by atoms with Gasteiger partial charge in [-0.15, -0.1) is 0 Å². The number of hydrogen-bond acceptors (Lipinski definition) is 1. The molecule has 0 aliphatic heterocycles. The van der Waals surface area contributed by atoms with Crippen LogP contribution in [0.5, 0.6) is 0 Å². The van der Waals surface area contributed by atoms with Crippen molar-refractivity contribution in [2.45, 2.75) is 19.8 Å². The van der Waals surface area contributed by atoms with E-state index in [0.29, 0.717) is 0 Å². The summed E-state index contributed by atoms with van der Waals surface area (Å²) in [7, 11) is 0. The Kier molecular flexibility index (Phi) is 4.88. The van der Waals surface area contributed by atoms with E-state index in [1.54, 1.807) is 0 Å². The minimum absolute atomic E-state index is 0.104. The normalized spacial score (nSPS) is 12.4. The first kappa shape index (κ1) is 14.4. The Morgan fingerprint density at radius 1 is 0.895 bits per heavy atom. The van der Waals surface area contributed by atoms with Crippen LogP contribution in [-0.2, 0) is 0 Å². The van der Waals surface area contributed by atoms with Gasteiger partial charge in [-0.3, -0.25) is 0 Å². The second-order valence-electron chi connectivity index (χ2n) is 4.96. The standard InChI is InChI=1S/C15H13O.2CH3.Bi/c1-2-12-8-10-14(11-9-12)15(16)13-6-4-3-5-7-13;;;/h2-11H,1H3;2*1H3;. The summed E-state index contributed by atoms with van der Waals surface area (Å²) >= 11 is -1.27. The van der Waals surface area contributed by atoms with Crippen molar-refractivity contribution in [1.29, 1.82) is 0 Å². The van der Waals surface area contributed by atoms with Crippen molar-refractivity contribution >= 4 is 27.5 Å². The molecular formula is C17H19BiO. The summed E-state index contributed by atoms with van der Waals surface area (Å²) in [6.45, 7) is 2.31. The van der Waals surface area contributed by atoms with E-state index in [9.17, 15) is 4.79 Å². The van der Waals surface area contributed by atoms with Crippen LogP contribution in [-0.4, -0.2) is 27.5 Å². The molecule has 1 nitrogen and oxygen atoms in total. The van der Waals surface area contributed by atoms with Gasteiger partial charge in [-0.25, -0.2) is 0 Å². The molecule has 0 aliphatic carbocycles. The Labute approximate surface area is 123 Å². The molecule has 2 aromatic rings. The Bertz CT molecular complexity index is 543. The third-order valence-corrected chi connectivity index (χ3v) is 10.6. The first-order valence-electron chi connectivity index (χ1n) is 6.45. The molecule has 0 radical (unpaired) electrons. The molecule has 2 aromatic carbocycles. The van der Waals surface area contributed by atoms with E-state index in [2.05, 4.69) is 28.3 Å². The van der Waals surface area contributed by atoms with Gasteiger partial charge < -0.3 is 0 Å². The van der Waals surface area contributed by atoms with Crippen molar-refractivity contribution in [3.05, 3.63) is 71.3 Å². The van der Waals surface area contributed by atoms with E-state index in [-0.39, 0.29) is 5.78 Å². The number of ketones is 1. The molecule has 2 heteroatoms. The van der Waals surface area contributed by atoms with Crippen molar-refractivity contribution in [1.82, 2.24) is 0 Å². The molecule has 0 bridgehead atoms. The molecule has 1 unspecified atom stereocenters. The number of carbonyl (C=O) groups excluding carboxylic acids is 1. The molecule has 0 saturated heterocycles. The zero-order valence-electron chi connectivity index (χ0n) is 11.6. The Morgan fingerprint density at radius 3 is 1.95 bits per heavy atom. The first-order valence-corrected chi connectivity index (χ1v) is 15.4. The molecule has 2 rings (SSSR count). The molecule has 0 N–H and O–H groups in total. The average Bonchev–Trinajstić information content (AvgIpc) is 2.46. The van der Waals surface area contributed by atoms with Crippen LogP contribution >= 0.6 is 0 Å². The molecule has 0 spiro atoms. The van der Waals surface area contributed by atoms with Crippen LogP contribution in [0, 0.1) is 0 Å². The third-order valence-electron chi connectivity index (χ3n) is 3.47. The van der Waals surface area contributed by atoms with Crippen LogP contribution in [0.3, 0.4) is 0 Å². The SMILES string of the molecule is C[CH](c1ccc(C(=O)c2ccccc2)cc1)[Bi]([CH3])[CH3]. The molecule has 0 aliphatic rings. The predicted octanol–water partition coefficient (Wildman–Crippen LogP) is 4.31. The number of rotatable bonds is 4. The Hall–Kier alpha value is -1.01. The van der Waals surface area contributed by atoms with Crippen molar-refractivity contribution in [2.75, 3.05) is 0 Å². The fourth-order valence-electron chi connectivity index (χ4n) is 1.97. The van der Waals surface area contributed by atoms with E-state index in [1.165, 1.54) is 5.56 Å². The van der Waals surface area contributed by atoms with Gasteiger partial charge in [0.25, 0.3) is 0 Å². The van der Waals surface area contributed by atoms with Crippen LogP contribution in [0.15, 0.2) is 54.6 Å². The molecular weight excluding hydrogens is 429 g/mol. The van der Waals surface area contributed by atoms with Crippen LogP contribution < -0.4 is 0 Å². The van der Waals surface area contributed by atoms with Gasteiger partial charge in [0, 0.05) is 0 Å². The number of hydrogen-bond donors (Lipinski definition) is 0. The van der Waals surface area contributed by atoms with Gasteiger partial charge in [-0.2, -0.15) is 0 Å².